The second-order valence-electron chi connectivity index (χ2n) is 4.44. The minimum absolute atomic E-state index is 0.343. The lowest BCUT2D eigenvalue weighted by atomic mass is 10.0. The molecular weight excluding hydrogens is 254 g/mol. The molecule has 4 heteroatoms. The van der Waals surface area contributed by atoms with E-state index in [0.717, 1.165) is 6.42 Å². The molecule has 2 rings (SSSR count). The first-order valence-electron chi connectivity index (χ1n) is 6.57. The fraction of sp³-hybridized carbons (Fsp3) is 0.250. The number of ketones is 1. The van der Waals surface area contributed by atoms with Gasteiger partial charge in [-0.1, -0.05) is 37.3 Å². The third kappa shape index (κ3) is 3.42. The number of rotatable bonds is 6. The van der Waals surface area contributed by atoms with Crippen LogP contribution in [0.4, 0.5) is 0 Å². The molecule has 0 aliphatic heterocycles. The van der Waals surface area contributed by atoms with E-state index in [0.29, 0.717) is 23.5 Å². The number of carbonyl (C=O) groups is 1. The van der Waals surface area contributed by atoms with Crippen LogP contribution >= 0.6 is 0 Å². The van der Waals surface area contributed by atoms with Crippen molar-refractivity contribution < 1.29 is 14.6 Å². The Balaban J connectivity index is 2.16. The number of aliphatic hydroxyl groups excluding tert-OH is 1. The van der Waals surface area contributed by atoms with Crippen LogP contribution in [0.3, 0.4) is 0 Å². The molecule has 0 saturated carbocycles. The molecule has 104 valence electrons. The summed E-state index contributed by atoms with van der Waals surface area (Å²) in [4.78, 5) is 16.2. The Bertz CT molecular complexity index is 569. The van der Waals surface area contributed by atoms with Gasteiger partial charge < -0.3 is 9.84 Å². The largest absolute Gasteiger partial charge is 0.492 e. The summed E-state index contributed by atoms with van der Waals surface area (Å²) in [5.74, 6) is 0.156. The standard InChI is InChI=1S/C16H17NO3/c1-2-8-20-14-9-13(10-17-11-14)16(19)15(18)12-6-4-3-5-7-12/h3-7,9-11,15,18H,2,8H2,1H3. The molecule has 2 aromatic rings. The second-order valence-corrected chi connectivity index (χ2v) is 4.44. The number of hydrogen-bond acceptors (Lipinski definition) is 4. The van der Waals surface area contributed by atoms with Crippen molar-refractivity contribution in [3.05, 3.63) is 59.9 Å². The Kier molecular flexibility index (Phi) is 4.85. The van der Waals surface area contributed by atoms with Crippen LogP contribution < -0.4 is 4.74 Å². The molecule has 0 amide bonds. The summed E-state index contributed by atoms with van der Waals surface area (Å²) in [6.45, 7) is 2.57. The van der Waals surface area contributed by atoms with Gasteiger partial charge in [0, 0.05) is 11.8 Å². The van der Waals surface area contributed by atoms with Crippen molar-refractivity contribution in [1.29, 1.82) is 0 Å². The minimum atomic E-state index is -1.18. The van der Waals surface area contributed by atoms with Crippen molar-refractivity contribution in [2.24, 2.45) is 0 Å². The smallest absolute Gasteiger partial charge is 0.197 e. The molecule has 0 fully saturated rings. The third-order valence-electron chi connectivity index (χ3n) is 2.83. The van der Waals surface area contributed by atoms with Gasteiger partial charge in [-0.3, -0.25) is 9.78 Å². The van der Waals surface area contributed by atoms with Gasteiger partial charge in [-0.25, -0.2) is 0 Å². The average Bonchev–Trinajstić information content (AvgIpc) is 2.52. The fourth-order valence-electron chi connectivity index (χ4n) is 1.80. The summed E-state index contributed by atoms with van der Waals surface area (Å²) in [6, 6.07) is 10.4. The number of nitrogens with zero attached hydrogens (tertiary/aromatic N) is 1. The van der Waals surface area contributed by atoms with Crippen LogP contribution in [0.5, 0.6) is 5.75 Å². The zero-order chi connectivity index (χ0) is 14.4. The van der Waals surface area contributed by atoms with E-state index in [2.05, 4.69) is 4.98 Å². The van der Waals surface area contributed by atoms with Gasteiger partial charge in [0.05, 0.1) is 12.8 Å². The Morgan fingerprint density at radius 1 is 1.30 bits per heavy atom. The normalized spacial score (nSPS) is 11.9. The maximum Gasteiger partial charge on any atom is 0.197 e. The molecular formula is C16H17NO3. The summed E-state index contributed by atoms with van der Waals surface area (Å²) in [5.41, 5.74) is 0.910. The molecule has 0 aliphatic rings. The van der Waals surface area contributed by atoms with Crippen molar-refractivity contribution in [1.82, 2.24) is 4.98 Å². The van der Waals surface area contributed by atoms with E-state index in [-0.39, 0.29) is 5.78 Å². The van der Waals surface area contributed by atoms with E-state index in [1.807, 2.05) is 13.0 Å². The van der Waals surface area contributed by atoms with Gasteiger partial charge in [0.1, 0.15) is 11.9 Å². The van der Waals surface area contributed by atoms with Crippen LogP contribution in [0.2, 0.25) is 0 Å². The number of carbonyl (C=O) groups excluding carboxylic acids is 1. The van der Waals surface area contributed by atoms with Gasteiger partial charge in [0.2, 0.25) is 0 Å². The van der Waals surface area contributed by atoms with Crippen molar-refractivity contribution in [2.75, 3.05) is 6.61 Å². The van der Waals surface area contributed by atoms with Gasteiger partial charge in [-0.05, 0) is 18.1 Å². The minimum Gasteiger partial charge on any atom is -0.492 e. The lowest BCUT2D eigenvalue weighted by Crippen LogP contribution is -2.12. The highest BCUT2D eigenvalue weighted by Crippen LogP contribution is 2.20. The quantitative estimate of drug-likeness (QED) is 0.821. The molecule has 20 heavy (non-hydrogen) atoms. The number of hydrogen-bond donors (Lipinski definition) is 1. The molecule has 1 atom stereocenters. The first-order chi connectivity index (χ1) is 9.72. The zero-order valence-corrected chi connectivity index (χ0v) is 11.3. The predicted octanol–water partition coefficient (Wildman–Crippen LogP) is 2.79. The highest BCUT2D eigenvalue weighted by molar-refractivity contribution is 5.99. The molecule has 0 spiro atoms. The lowest BCUT2D eigenvalue weighted by molar-refractivity contribution is 0.0746. The Morgan fingerprint density at radius 2 is 2.05 bits per heavy atom. The summed E-state index contributed by atoms with van der Waals surface area (Å²) in [5, 5.41) is 10.1. The van der Waals surface area contributed by atoms with Gasteiger partial charge in [-0.15, -0.1) is 0 Å². The zero-order valence-electron chi connectivity index (χ0n) is 11.3. The van der Waals surface area contributed by atoms with E-state index in [9.17, 15) is 9.90 Å². The number of pyridine rings is 1. The van der Waals surface area contributed by atoms with Gasteiger partial charge in [-0.2, -0.15) is 0 Å². The highest BCUT2D eigenvalue weighted by atomic mass is 16.5. The SMILES string of the molecule is CCCOc1cncc(C(=O)C(O)c2ccccc2)c1. The fourth-order valence-corrected chi connectivity index (χ4v) is 1.80. The van der Waals surface area contributed by atoms with Crippen molar-refractivity contribution >= 4 is 5.78 Å². The predicted molar refractivity (Wildman–Crippen MR) is 75.8 cm³/mol. The highest BCUT2D eigenvalue weighted by Gasteiger charge is 2.19. The van der Waals surface area contributed by atoms with Crippen LogP contribution in [0.1, 0.15) is 35.4 Å². The molecule has 0 aliphatic carbocycles. The Labute approximate surface area is 118 Å². The summed E-state index contributed by atoms with van der Waals surface area (Å²) in [7, 11) is 0. The molecule has 4 nitrogen and oxygen atoms in total. The first kappa shape index (κ1) is 14.2. The van der Waals surface area contributed by atoms with Gasteiger partial charge in [0.25, 0.3) is 0 Å². The molecule has 1 unspecified atom stereocenters. The average molecular weight is 271 g/mol. The molecule has 1 heterocycles. The van der Waals surface area contributed by atoms with Gasteiger partial charge >= 0.3 is 0 Å². The van der Waals surface area contributed by atoms with Crippen molar-refractivity contribution in [2.45, 2.75) is 19.4 Å². The second kappa shape index (κ2) is 6.82. The molecule has 0 bridgehead atoms. The van der Waals surface area contributed by atoms with Crippen molar-refractivity contribution in [3.63, 3.8) is 0 Å². The topological polar surface area (TPSA) is 59.4 Å². The number of ether oxygens (including phenoxy) is 1. The molecule has 0 saturated heterocycles. The van der Waals surface area contributed by atoms with Crippen LogP contribution in [-0.2, 0) is 0 Å². The summed E-state index contributed by atoms with van der Waals surface area (Å²) < 4.78 is 5.44. The monoisotopic (exact) mass is 271 g/mol. The summed E-state index contributed by atoms with van der Waals surface area (Å²) in [6.07, 6.45) is 2.69. The van der Waals surface area contributed by atoms with E-state index in [4.69, 9.17) is 4.74 Å². The maximum atomic E-state index is 12.2. The van der Waals surface area contributed by atoms with Crippen molar-refractivity contribution in [3.8, 4) is 5.75 Å². The number of aromatic nitrogens is 1. The number of benzene rings is 1. The van der Waals surface area contributed by atoms with E-state index < -0.39 is 6.10 Å². The Hall–Kier alpha value is -2.20. The van der Waals surface area contributed by atoms with Crippen LogP contribution in [0, 0.1) is 0 Å². The van der Waals surface area contributed by atoms with Crippen LogP contribution in [0.15, 0.2) is 48.8 Å². The molecule has 1 aromatic heterocycles. The van der Waals surface area contributed by atoms with E-state index >= 15 is 0 Å². The maximum absolute atomic E-state index is 12.2. The first-order valence-corrected chi connectivity index (χ1v) is 6.57. The third-order valence-corrected chi connectivity index (χ3v) is 2.83. The van der Waals surface area contributed by atoms with E-state index in [1.165, 1.54) is 6.20 Å². The number of Topliss-reactive ketones (excluding diaryl/α,β-unsaturated/α-hetero) is 1. The lowest BCUT2D eigenvalue weighted by Gasteiger charge is -2.11. The van der Waals surface area contributed by atoms with Crippen LogP contribution in [-0.4, -0.2) is 22.5 Å². The van der Waals surface area contributed by atoms with E-state index in [1.54, 1.807) is 36.5 Å². The Morgan fingerprint density at radius 3 is 2.75 bits per heavy atom. The summed E-state index contributed by atoms with van der Waals surface area (Å²) >= 11 is 0. The van der Waals surface area contributed by atoms with Gasteiger partial charge in [0.15, 0.2) is 5.78 Å². The molecule has 1 aromatic carbocycles. The van der Waals surface area contributed by atoms with Crippen LogP contribution in [0.25, 0.3) is 0 Å². The molecule has 0 radical (unpaired) electrons. The molecule has 1 N–H and O–H groups in total. The number of aliphatic hydroxyl groups is 1.